The quantitative estimate of drug-likeness (QED) is 0.815. The summed E-state index contributed by atoms with van der Waals surface area (Å²) in [5.74, 6) is 0.945. The Balaban J connectivity index is 1.41. The van der Waals surface area contributed by atoms with Crippen LogP contribution in [-0.4, -0.2) is 53.9 Å². The van der Waals surface area contributed by atoms with E-state index in [-0.39, 0.29) is 17.9 Å². The van der Waals surface area contributed by atoms with Gasteiger partial charge in [0.15, 0.2) is 0 Å². The third-order valence-corrected chi connectivity index (χ3v) is 5.07. The fourth-order valence-electron chi connectivity index (χ4n) is 3.34. The van der Waals surface area contributed by atoms with Crippen molar-refractivity contribution in [2.45, 2.75) is 26.0 Å². The summed E-state index contributed by atoms with van der Waals surface area (Å²) in [7, 11) is 3.55. The Morgan fingerprint density at radius 3 is 2.48 bits per heavy atom. The van der Waals surface area contributed by atoms with Gasteiger partial charge in [0.2, 0.25) is 5.91 Å². The van der Waals surface area contributed by atoms with Crippen molar-refractivity contribution < 1.29 is 14.3 Å². The number of carbonyl (C=O) groups is 2. The van der Waals surface area contributed by atoms with Gasteiger partial charge >= 0.3 is 6.03 Å². The van der Waals surface area contributed by atoms with Crippen LogP contribution >= 0.6 is 0 Å². The number of urea groups is 1. The van der Waals surface area contributed by atoms with Crippen molar-refractivity contribution in [1.29, 1.82) is 0 Å². The van der Waals surface area contributed by atoms with Gasteiger partial charge in [-0.2, -0.15) is 0 Å². The molecule has 1 aliphatic rings. The van der Waals surface area contributed by atoms with Gasteiger partial charge in [0.05, 0.1) is 0 Å². The molecule has 1 saturated heterocycles. The van der Waals surface area contributed by atoms with Gasteiger partial charge in [0.25, 0.3) is 0 Å². The number of hydrogen-bond donors (Lipinski definition) is 1. The molecule has 29 heavy (non-hydrogen) atoms. The minimum Gasteiger partial charge on any atom is -0.489 e. The van der Waals surface area contributed by atoms with Crippen LogP contribution in [0.5, 0.6) is 5.75 Å². The molecule has 1 aromatic carbocycles. The highest BCUT2D eigenvalue weighted by molar-refractivity contribution is 5.79. The zero-order chi connectivity index (χ0) is 20.6. The average molecular weight is 396 g/mol. The maximum atomic E-state index is 12.4. The normalized spacial score (nSPS) is 14.3. The van der Waals surface area contributed by atoms with Crippen LogP contribution in [-0.2, 0) is 17.9 Å². The van der Waals surface area contributed by atoms with Crippen LogP contribution in [0.3, 0.4) is 0 Å². The van der Waals surface area contributed by atoms with Crippen LogP contribution in [0.1, 0.15) is 24.0 Å². The zero-order valence-corrected chi connectivity index (χ0v) is 17.0. The number of benzene rings is 1. The first kappa shape index (κ1) is 20.6. The highest BCUT2D eigenvalue weighted by Crippen LogP contribution is 2.19. The molecule has 1 aliphatic heterocycles. The SMILES string of the molecule is CN(C)C(=O)C1CCN(C(=O)NCc2ccc(OCc3cccnc3)cc2)CC1. The average Bonchev–Trinajstić information content (AvgIpc) is 2.77. The molecule has 0 radical (unpaired) electrons. The molecule has 0 aliphatic carbocycles. The van der Waals surface area contributed by atoms with Gasteiger partial charge in [0, 0.05) is 57.6 Å². The van der Waals surface area contributed by atoms with Crippen LogP contribution in [0.15, 0.2) is 48.8 Å². The minimum atomic E-state index is -0.0855. The number of rotatable bonds is 6. The van der Waals surface area contributed by atoms with Crippen LogP contribution in [0.2, 0.25) is 0 Å². The standard InChI is InChI=1S/C22H28N4O3/c1-25(2)21(27)19-9-12-26(13-10-19)22(28)24-15-17-5-7-20(8-6-17)29-16-18-4-3-11-23-14-18/h3-8,11,14,19H,9-10,12-13,15-16H2,1-2H3,(H,24,28). The molecule has 2 heterocycles. The molecule has 3 amide bonds. The first-order valence-corrected chi connectivity index (χ1v) is 9.87. The lowest BCUT2D eigenvalue weighted by Gasteiger charge is -2.32. The van der Waals surface area contributed by atoms with Gasteiger partial charge in [0.1, 0.15) is 12.4 Å². The number of nitrogens with zero attached hydrogens (tertiary/aromatic N) is 3. The van der Waals surface area contributed by atoms with E-state index >= 15 is 0 Å². The van der Waals surface area contributed by atoms with E-state index in [0.717, 1.165) is 16.9 Å². The van der Waals surface area contributed by atoms with Gasteiger partial charge in [-0.1, -0.05) is 18.2 Å². The molecule has 0 bridgehead atoms. The summed E-state index contributed by atoms with van der Waals surface area (Å²) in [6.45, 7) is 2.14. The second-order valence-electron chi connectivity index (χ2n) is 7.45. The molecule has 7 nitrogen and oxygen atoms in total. The van der Waals surface area contributed by atoms with E-state index in [2.05, 4.69) is 10.3 Å². The monoisotopic (exact) mass is 396 g/mol. The molecular weight excluding hydrogens is 368 g/mol. The second kappa shape index (κ2) is 9.91. The fourth-order valence-corrected chi connectivity index (χ4v) is 3.34. The molecule has 1 fully saturated rings. The zero-order valence-electron chi connectivity index (χ0n) is 17.0. The highest BCUT2D eigenvalue weighted by atomic mass is 16.5. The molecule has 0 spiro atoms. The number of ether oxygens (including phenoxy) is 1. The Morgan fingerprint density at radius 2 is 1.86 bits per heavy atom. The van der Waals surface area contributed by atoms with Crippen molar-refractivity contribution in [3.8, 4) is 5.75 Å². The van der Waals surface area contributed by atoms with Gasteiger partial charge < -0.3 is 19.9 Å². The van der Waals surface area contributed by atoms with Gasteiger partial charge in [-0.05, 0) is 36.6 Å². The van der Waals surface area contributed by atoms with Crippen molar-refractivity contribution in [2.75, 3.05) is 27.2 Å². The molecule has 0 saturated carbocycles. The van der Waals surface area contributed by atoms with E-state index in [0.29, 0.717) is 39.1 Å². The molecule has 2 aromatic rings. The molecule has 3 rings (SSSR count). The van der Waals surface area contributed by atoms with E-state index in [9.17, 15) is 9.59 Å². The number of piperidine rings is 1. The fraction of sp³-hybridized carbons (Fsp3) is 0.409. The summed E-state index contributed by atoms with van der Waals surface area (Å²) in [5, 5.41) is 2.96. The number of aromatic nitrogens is 1. The molecule has 0 atom stereocenters. The number of pyridine rings is 1. The van der Waals surface area contributed by atoms with Crippen molar-refractivity contribution in [2.24, 2.45) is 5.92 Å². The van der Waals surface area contributed by atoms with Gasteiger partial charge in [-0.3, -0.25) is 9.78 Å². The molecule has 1 aromatic heterocycles. The smallest absolute Gasteiger partial charge is 0.317 e. The largest absolute Gasteiger partial charge is 0.489 e. The van der Waals surface area contributed by atoms with Crippen LogP contribution in [0, 0.1) is 5.92 Å². The maximum absolute atomic E-state index is 12.4. The Hall–Kier alpha value is -3.09. The first-order valence-electron chi connectivity index (χ1n) is 9.87. The van der Waals surface area contributed by atoms with E-state index in [1.807, 2.05) is 36.4 Å². The molecule has 0 unspecified atom stereocenters. The van der Waals surface area contributed by atoms with Crippen LogP contribution < -0.4 is 10.1 Å². The number of nitrogens with one attached hydrogen (secondary N) is 1. The number of amides is 3. The Bertz CT molecular complexity index is 801. The van der Waals surface area contributed by atoms with Gasteiger partial charge in [-0.25, -0.2) is 4.79 Å². The number of likely N-dealkylation sites (tertiary alicyclic amines) is 1. The predicted molar refractivity (Wildman–Crippen MR) is 110 cm³/mol. The Labute approximate surface area is 171 Å². The third-order valence-electron chi connectivity index (χ3n) is 5.07. The Morgan fingerprint density at radius 1 is 1.14 bits per heavy atom. The van der Waals surface area contributed by atoms with E-state index in [1.54, 1.807) is 36.3 Å². The highest BCUT2D eigenvalue weighted by Gasteiger charge is 2.27. The predicted octanol–water partition coefficient (Wildman–Crippen LogP) is 2.67. The number of hydrogen-bond acceptors (Lipinski definition) is 4. The maximum Gasteiger partial charge on any atom is 0.317 e. The topological polar surface area (TPSA) is 74.8 Å². The summed E-state index contributed by atoms with van der Waals surface area (Å²) in [4.78, 5) is 31.9. The molecule has 7 heteroatoms. The van der Waals surface area contributed by atoms with Crippen molar-refractivity contribution in [3.05, 3.63) is 59.9 Å². The lowest BCUT2D eigenvalue weighted by Crippen LogP contribution is -2.46. The summed E-state index contributed by atoms with van der Waals surface area (Å²) in [5.41, 5.74) is 2.02. The summed E-state index contributed by atoms with van der Waals surface area (Å²) in [6.07, 6.45) is 4.95. The Kier molecular flexibility index (Phi) is 7.05. The van der Waals surface area contributed by atoms with E-state index in [1.165, 1.54) is 0 Å². The minimum absolute atomic E-state index is 0.0215. The molecule has 1 N–H and O–H groups in total. The van der Waals surface area contributed by atoms with E-state index < -0.39 is 0 Å². The van der Waals surface area contributed by atoms with Crippen molar-refractivity contribution in [3.63, 3.8) is 0 Å². The van der Waals surface area contributed by atoms with E-state index in [4.69, 9.17) is 4.74 Å². The summed E-state index contributed by atoms with van der Waals surface area (Å²) in [6, 6.07) is 11.5. The second-order valence-corrected chi connectivity index (χ2v) is 7.45. The third kappa shape index (κ3) is 5.94. The lowest BCUT2D eigenvalue weighted by atomic mass is 9.96. The molecular formula is C22H28N4O3. The van der Waals surface area contributed by atoms with Crippen LogP contribution in [0.4, 0.5) is 4.79 Å². The van der Waals surface area contributed by atoms with Crippen LogP contribution in [0.25, 0.3) is 0 Å². The summed E-state index contributed by atoms with van der Waals surface area (Å²) >= 11 is 0. The lowest BCUT2D eigenvalue weighted by molar-refractivity contribution is -0.134. The van der Waals surface area contributed by atoms with Crippen molar-refractivity contribution in [1.82, 2.24) is 20.1 Å². The number of carbonyl (C=O) groups excluding carboxylic acids is 2. The van der Waals surface area contributed by atoms with Crippen molar-refractivity contribution >= 4 is 11.9 Å². The molecule has 154 valence electrons. The summed E-state index contributed by atoms with van der Waals surface area (Å²) < 4.78 is 5.75. The first-order chi connectivity index (χ1) is 14.0. The van der Waals surface area contributed by atoms with Gasteiger partial charge in [-0.15, -0.1) is 0 Å².